The number of hydrogen-bond donors (Lipinski definition) is 1. The standard InChI is InChI=1S/C26H21N3O7S/c1-35-21-12-6-8-18(24(21)36-16-23(30)27-19-9-3-2-4-10-19)14-22-25(31)28(26(32)37-22)15-17-7-5-11-20(13-17)29(33)34/h2-14H,15-16H2,1H3,(H,27,30). The number of nitrogens with one attached hydrogen (secondary N) is 1. The largest absolute Gasteiger partial charge is 0.493 e. The predicted molar refractivity (Wildman–Crippen MR) is 138 cm³/mol. The van der Waals surface area contributed by atoms with Crippen LogP contribution in [0.3, 0.4) is 0 Å². The summed E-state index contributed by atoms with van der Waals surface area (Å²) in [4.78, 5) is 49.7. The number of hydrogen-bond acceptors (Lipinski definition) is 8. The van der Waals surface area contributed by atoms with Gasteiger partial charge in [-0.05, 0) is 41.6 Å². The van der Waals surface area contributed by atoms with Crippen LogP contribution in [0.15, 0.2) is 77.7 Å². The summed E-state index contributed by atoms with van der Waals surface area (Å²) in [6.45, 7) is -0.421. The first-order valence-electron chi connectivity index (χ1n) is 11.0. The van der Waals surface area contributed by atoms with Crippen LogP contribution in [0.2, 0.25) is 0 Å². The first-order chi connectivity index (χ1) is 17.9. The van der Waals surface area contributed by atoms with Gasteiger partial charge in [0.15, 0.2) is 18.1 Å². The number of non-ortho nitro benzene ring substituents is 1. The van der Waals surface area contributed by atoms with E-state index in [9.17, 15) is 24.5 Å². The van der Waals surface area contributed by atoms with Crippen LogP contribution in [-0.2, 0) is 16.1 Å². The van der Waals surface area contributed by atoms with Gasteiger partial charge in [-0.1, -0.05) is 42.5 Å². The van der Waals surface area contributed by atoms with Crippen LogP contribution in [0.4, 0.5) is 16.2 Å². The minimum absolute atomic E-state index is 0.106. The molecule has 0 saturated carbocycles. The fourth-order valence-corrected chi connectivity index (χ4v) is 4.38. The maximum absolute atomic E-state index is 13.0. The van der Waals surface area contributed by atoms with Gasteiger partial charge in [-0.15, -0.1) is 0 Å². The SMILES string of the molecule is COc1cccc(C=C2SC(=O)N(Cc3cccc([N+](=O)[O-])c3)C2=O)c1OCC(=O)Nc1ccccc1. The molecule has 1 aliphatic rings. The van der Waals surface area contributed by atoms with Gasteiger partial charge in [-0.3, -0.25) is 29.4 Å². The topological polar surface area (TPSA) is 128 Å². The van der Waals surface area contributed by atoms with E-state index in [0.29, 0.717) is 22.6 Å². The minimum atomic E-state index is -0.544. The van der Waals surface area contributed by atoms with E-state index >= 15 is 0 Å². The number of anilines is 1. The van der Waals surface area contributed by atoms with Crippen LogP contribution < -0.4 is 14.8 Å². The Balaban J connectivity index is 1.52. The summed E-state index contributed by atoms with van der Waals surface area (Å²) < 4.78 is 11.1. The Hall–Kier alpha value is -4.64. The van der Waals surface area contributed by atoms with Crippen LogP contribution >= 0.6 is 11.8 Å². The zero-order chi connectivity index (χ0) is 26.4. The molecule has 1 heterocycles. The molecule has 0 atom stereocenters. The van der Waals surface area contributed by atoms with Crippen molar-refractivity contribution in [2.45, 2.75) is 6.54 Å². The number of benzene rings is 3. The number of imide groups is 1. The second-order valence-corrected chi connectivity index (χ2v) is 8.77. The lowest BCUT2D eigenvalue weighted by molar-refractivity contribution is -0.384. The average molecular weight is 520 g/mol. The summed E-state index contributed by atoms with van der Waals surface area (Å²) in [6, 6.07) is 19.7. The number of amides is 3. The molecule has 1 aliphatic heterocycles. The molecular weight excluding hydrogens is 498 g/mol. The van der Waals surface area contributed by atoms with E-state index in [4.69, 9.17) is 9.47 Å². The summed E-state index contributed by atoms with van der Waals surface area (Å²) in [5.74, 6) is -0.354. The van der Waals surface area contributed by atoms with Gasteiger partial charge in [-0.2, -0.15) is 0 Å². The summed E-state index contributed by atoms with van der Waals surface area (Å²) in [7, 11) is 1.45. The number of para-hydroxylation sites is 2. The number of nitro groups is 1. The van der Waals surface area contributed by atoms with Crippen molar-refractivity contribution in [2.75, 3.05) is 19.0 Å². The number of rotatable bonds is 9. The van der Waals surface area contributed by atoms with Crippen molar-refractivity contribution in [3.63, 3.8) is 0 Å². The van der Waals surface area contributed by atoms with Crippen molar-refractivity contribution in [3.8, 4) is 11.5 Å². The highest BCUT2D eigenvalue weighted by atomic mass is 32.2. The number of methoxy groups -OCH3 is 1. The highest BCUT2D eigenvalue weighted by molar-refractivity contribution is 8.18. The van der Waals surface area contributed by atoms with Gasteiger partial charge in [0.1, 0.15) is 0 Å². The van der Waals surface area contributed by atoms with Crippen LogP contribution in [0.1, 0.15) is 11.1 Å². The number of carbonyl (C=O) groups excluding carboxylic acids is 3. The molecule has 0 bridgehead atoms. The van der Waals surface area contributed by atoms with E-state index in [-0.39, 0.29) is 35.4 Å². The fourth-order valence-electron chi connectivity index (χ4n) is 3.55. The first kappa shape index (κ1) is 25.5. The number of nitrogens with zero attached hydrogens (tertiary/aromatic N) is 2. The molecule has 0 aliphatic carbocycles. The number of nitro benzene ring substituents is 1. The van der Waals surface area contributed by atoms with Crippen molar-refractivity contribution in [2.24, 2.45) is 0 Å². The quantitative estimate of drug-likeness (QED) is 0.241. The van der Waals surface area contributed by atoms with Gasteiger partial charge < -0.3 is 14.8 Å². The van der Waals surface area contributed by atoms with Crippen molar-refractivity contribution in [1.82, 2.24) is 4.90 Å². The van der Waals surface area contributed by atoms with Crippen LogP contribution in [0, 0.1) is 10.1 Å². The van der Waals surface area contributed by atoms with E-state index < -0.39 is 16.1 Å². The molecule has 1 fully saturated rings. The fraction of sp³-hybridized carbons (Fsp3) is 0.115. The Morgan fingerprint density at radius 2 is 1.84 bits per heavy atom. The maximum atomic E-state index is 13.0. The second kappa shape index (κ2) is 11.4. The summed E-state index contributed by atoms with van der Waals surface area (Å²) in [5.41, 5.74) is 1.38. The Morgan fingerprint density at radius 1 is 1.08 bits per heavy atom. The Morgan fingerprint density at radius 3 is 2.57 bits per heavy atom. The molecule has 0 unspecified atom stereocenters. The normalized spacial score (nSPS) is 14.1. The third kappa shape index (κ3) is 6.14. The highest BCUT2D eigenvalue weighted by Crippen LogP contribution is 2.38. The minimum Gasteiger partial charge on any atom is -0.493 e. The Labute approximate surface area is 216 Å². The molecular formula is C26H21N3O7S. The Kier molecular flexibility index (Phi) is 7.84. The zero-order valence-electron chi connectivity index (χ0n) is 19.6. The lowest BCUT2D eigenvalue weighted by Crippen LogP contribution is -2.27. The van der Waals surface area contributed by atoms with Gasteiger partial charge in [0.25, 0.3) is 22.7 Å². The van der Waals surface area contributed by atoms with Crippen LogP contribution in [0.5, 0.6) is 11.5 Å². The molecule has 0 aromatic heterocycles. The predicted octanol–water partition coefficient (Wildman–Crippen LogP) is 4.86. The lowest BCUT2D eigenvalue weighted by Gasteiger charge is -2.14. The zero-order valence-corrected chi connectivity index (χ0v) is 20.4. The van der Waals surface area contributed by atoms with E-state index in [2.05, 4.69) is 5.32 Å². The van der Waals surface area contributed by atoms with Crippen molar-refractivity contribution < 1.29 is 28.8 Å². The van der Waals surface area contributed by atoms with Gasteiger partial charge in [0.05, 0.1) is 23.5 Å². The van der Waals surface area contributed by atoms with E-state index in [0.717, 1.165) is 16.7 Å². The summed E-state index contributed by atoms with van der Waals surface area (Å²) in [6.07, 6.45) is 1.49. The van der Waals surface area contributed by atoms with Crippen LogP contribution in [0.25, 0.3) is 6.08 Å². The summed E-state index contributed by atoms with van der Waals surface area (Å²) >= 11 is 0.744. The maximum Gasteiger partial charge on any atom is 0.293 e. The third-order valence-corrected chi connectivity index (χ3v) is 6.16. The number of ether oxygens (including phenoxy) is 2. The van der Waals surface area contributed by atoms with E-state index in [1.807, 2.05) is 6.07 Å². The van der Waals surface area contributed by atoms with E-state index in [1.54, 1.807) is 48.5 Å². The molecule has 3 amide bonds. The van der Waals surface area contributed by atoms with Gasteiger partial charge in [0.2, 0.25) is 0 Å². The highest BCUT2D eigenvalue weighted by Gasteiger charge is 2.35. The van der Waals surface area contributed by atoms with Gasteiger partial charge in [0, 0.05) is 23.4 Å². The monoisotopic (exact) mass is 519 g/mol. The average Bonchev–Trinajstić information content (AvgIpc) is 3.15. The van der Waals surface area contributed by atoms with Gasteiger partial charge in [-0.25, -0.2) is 0 Å². The lowest BCUT2D eigenvalue weighted by atomic mass is 10.1. The molecule has 37 heavy (non-hydrogen) atoms. The smallest absolute Gasteiger partial charge is 0.293 e. The third-order valence-electron chi connectivity index (χ3n) is 5.26. The molecule has 1 N–H and O–H groups in total. The van der Waals surface area contributed by atoms with Gasteiger partial charge >= 0.3 is 0 Å². The molecule has 10 nitrogen and oxygen atoms in total. The molecule has 188 valence electrons. The van der Waals surface area contributed by atoms with Crippen LogP contribution in [-0.4, -0.2) is 40.6 Å². The number of carbonyl (C=O) groups is 3. The summed E-state index contributed by atoms with van der Waals surface area (Å²) in [5, 5.41) is 13.3. The van der Waals surface area contributed by atoms with Crippen molar-refractivity contribution >= 4 is 46.3 Å². The molecule has 1 saturated heterocycles. The molecule has 0 radical (unpaired) electrons. The second-order valence-electron chi connectivity index (χ2n) is 7.78. The molecule has 4 rings (SSSR count). The van der Waals surface area contributed by atoms with Crippen molar-refractivity contribution in [3.05, 3.63) is 98.9 Å². The molecule has 0 spiro atoms. The first-order valence-corrected chi connectivity index (χ1v) is 11.8. The number of thioether (sulfide) groups is 1. The van der Waals surface area contributed by atoms with E-state index in [1.165, 1.54) is 31.4 Å². The Bertz CT molecular complexity index is 1390. The molecule has 3 aromatic rings. The molecule has 3 aromatic carbocycles. The van der Waals surface area contributed by atoms with Crippen molar-refractivity contribution in [1.29, 1.82) is 0 Å². The molecule has 11 heteroatoms.